The molecular weight excluding hydrogens is 300 g/mol. The topological polar surface area (TPSA) is 32.8 Å². The Hall–Kier alpha value is -1.26. The molecule has 1 aliphatic carbocycles. The molecule has 2 fully saturated rings. The Morgan fingerprint density at radius 1 is 1.14 bits per heavy atom. The summed E-state index contributed by atoms with van der Waals surface area (Å²) < 4.78 is 5.72. The fourth-order valence-corrected chi connectivity index (χ4v) is 3.05. The van der Waals surface area contributed by atoms with Crippen LogP contribution in [0.2, 0.25) is 5.02 Å². The van der Waals surface area contributed by atoms with E-state index in [0.717, 1.165) is 56.3 Å². The molecule has 0 unspecified atom stereocenters. The zero-order chi connectivity index (χ0) is 15.4. The molecule has 0 atom stereocenters. The second-order valence-corrected chi connectivity index (χ2v) is 6.53. The van der Waals surface area contributed by atoms with Crippen LogP contribution in [0.5, 0.6) is 5.75 Å². The Morgan fingerprint density at radius 2 is 1.82 bits per heavy atom. The smallest absolute Gasteiger partial charge is 0.225 e. The number of ether oxygens (including phenoxy) is 1. The maximum Gasteiger partial charge on any atom is 0.225 e. The molecule has 5 heteroatoms. The van der Waals surface area contributed by atoms with Gasteiger partial charge < -0.3 is 9.64 Å². The third-order valence-corrected chi connectivity index (χ3v) is 4.88. The predicted molar refractivity (Wildman–Crippen MR) is 87.3 cm³/mol. The number of hydrogen-bond donors (Lipinski definition) is 0. The summed E-state index contributed by atoms with van der Waals surface area (Å²) in [5, 5.41) is 0.722. The van der Waals surface area contributed by atoms with Gasteiger partial charge in [-0.2, -0.15) is 0 Å². The first-order valence-electron chi connectivity index (χ1n) is 8.12. The first kappa shape index (κ1) is 15.6. The van der Waals surface area contributed by atoms with E-state index in [0.29, 0.717) is 18.4 Å². The number of benzene rings is 1. The van der Waals surface area contributed by atoms with Crippen molar-refractivity contribution in [2.75, 3.05) is 39.3 Å². The highest BCUT2D eigenvalue weighted by Crippen LogP contribution is 2.28. The minimum Gasteiger partial charge on any atom is -0.492 e. The van der Waals surface area contributed by atoms with Gasteiger partial charge in [-0.05, 0) is 37.1 Å². The van der Waals surface area contributed by atoms with Gasteiger partial charge in [0.2, 0.25) is 5.91 Å². The second kappa shape index (κ2) is 7.34. The molecule has 3 rings (SSSR count). The van der Waals surface area contributed by atoms with E-state index in [9.17, 15) is 4.79 Å². The standard InChI is InChI=1S/C17H23ClN2O2/c18-15-4-6-16(7-5-15)22-13-12-19-8-10-20(11-9-19)17(21)14-2-1-3-14/h4-7,14H,1-3,8-13H2. The molecule has 1 saturated carbocycles. The Balaban J connectivity index is 1.35. The zero-order valence-electron chi connectivity index (χ0n) is 12.8. The SMILES string of the molecule is O=C(C1CCC1)N1CCN(CCOc2ccc(Cl)cc2)CC1. The quantitative estimate of drug-likeness (QED) is 0.835. The summed E-state index contributed by atoms with van der Waals surface area (Å²) in [6.07, 6.45) is 3.40. The van der Waals surface area contributed by atoms with Crippen molar-refractivity contribution in [1.29, 1.82) is 0 Å². The van der Waals surface area contributed by atoms with E-state index in [1.54, 1.807) is 0 Å². The summed E-state index contributed by atoms with van der Waals surface area (Å²) >= 11 is 5.85. The van der Waals surface area contributed by atoms with Crippen LogP contribution in [-0.2, 0) is 4.79 Å². The molecule has 0 bridgehead atoms. The van der Waals surface area contributed by atoms with E-state index < -0.39 is 0 Å². The lowest BCUT2D eigenvalue weighted by Gasteiger charge is -2.38. The Kier molecular flexibility index (Phi) is 5.21. The van der Waals surface area contributed by atoms with Crippen LogP contribution in [0, 0.1) is 5.92 Å². The van der Waals surface area contributed by atoms with Crippen LogP contribution in [-0.4, -0.2) is 55.0 Å². The van der Waals surface area contributed by atoms with Gasteiger partial charge in [0.05, 0.1) is 0 Å². The molecular formula is C17H23ClN2O2. The number of hydrogen-bond acceptors (Lipinski definition) is 3. The number of amides is 1. The average Bonchev–Trinajstić information content (AvgIpc) is 2.48. The normalized spacial score (nSPS) is 19.8. The van der Waals surface area contributed by atoms with Crippen LogP contribution in [0.15, 0.2) is 24.3 Å². The second-order valence-electron chi connectivity index (χ2n) is 6.10. The molecule has 1 aliphatic heterocycles. The summed E-state index contributed by atoms with van der Waals surface area (Å²) in [5.74, 6) is 1.55. The van der Waals surface area contributed by atoms with Crippen molar-refractivity contribution in [3.05, 3.63) is 29.3 Å². The number of rotatable bonds is 5. The molecule has 1 heterocycles. The van der Waals surface area contributed by atoms with Crippen molar-refractivity contribution in [2.45, 2.75) is 19.3 Å². The van der Waals surface area contributed by atoms with Crippen molar-refractivity contribution in [3.8, 4) is 5.75 Å². The number of halogens is 1. The van der Waals surface area contributed by atoms with E-state index in [4.69, 9.17) is 16.3 Å². The Bertz CT molecular complexity index is 494. The lowest BCUT2D eigenvalue weighted by atomic mass is 9.84. The van der Waals surface area contributed by atoms with Gasteiger partial charge in [0.1, 0.15) is 12.4 Å². The van der Waals surface area contributed by atoms with Crippen LogP contribution in [0.25, 0.3) is 0 Å². The third-order valence-electron chi connectivity index (χ3n) is 4.63. The maximum atomic E-state index is 12.2. The summed E-state index contributed by atoms with van der Waals surface area (Å²) in [6.45, 7) is 5.17. The predicted octanol–water partition coefficient (Wildman–Crippen LogP) is 2.66. The lowest BCUT2D eigenvalue weighted by Crippen LogP contribution is -2.51. The van der Waals surface area contributed by atoms with Crippen molar-refractivity contribution in [1.82, 2.24) is 9.80 Å². The van der Waals surface area contributed by atoms with E-state index in [1.165, 1.54) is 6.42 Å². The van der Waals surface area contributed by atoms with Crippen LogP contribution in [0.4, 0.5) is 0 Å². The number of piperazine rings is 1. The highest BCUT2D eigenvalue weighted by molar-refractivity contribution is 6.30. The molecule has 2 aliphatic rings. The van der Waals surface area contributed by atoms with E-state index >= 15 is 0 Å². The minimum atomic E-state index is 0.319. The number of carbonyl (C=O) groups is 1. The monoisotopic (exact) mass is 322 g/mol. The number of carbonyl (C=O) groups excluding carboxylic acids is 1. The molecule has 0 N–H and O–H groups in total. The fourth-order valence-electron chi connectivity index (χ4n) is 2.93. The molecule has 0 spiro atoms. The Morgan fingerprint density at radius 3 is 2.41 bits per heavy atom. The van der Waals surface area contributed by atoms with Gasteiger partial charge in [0.25, 0.3) is 0 Å². The maximum absolute atomic E-state index is 12.2. The molecule has 0 aromatic heterocycles. The molecule has 0 radical (unpaired) electrons. The molecule has 1 amide bonds. The van der Waals surface area contributed by atoms with Crippen molar-refractivity contribution >= 4 is 17.5 Å². The molecule has 1 aromatic carbocycles. The van der Waals surface area contributed by atoms with Crippen LogP contribution in [0.1, 0.15) is 19.3 Å². The van der Waals surface area contributed by atoms with E-state index in [1.807, 2.05) is 29.2 Å². The van der Waals surface area contributed by atoms with Crippen LogP contribution >= 0.6 is 11.6 Å². The van der Waals surface area contributed by atoms with Gasteiger partial charge in [-0.15, -0.1) is 0 Å². The first-order valence-corrected chi connectivity index (χ1v) is 8.50. The summed E-state index contributed by atoms with van der Waals surface area (Å²) in [6, 6.07) is 7.44. The molecule has 120 valence electrons. The van der Waals surface area contributed by atoms with E-state index in [-0.39, 0.29) is 0 Å². The lowest BCUT2D eigenvalue weighted by molar-refractivity contribution is -0.140. The Labute approximate surface area is 137 Å². The highest BCUT2D eigenvalue weighted by atomic mass is 35.5. The molecule has 22 heavy (non-hydrogen) atoms. The zero-order valence-corrected chi connectivity index (χ0v) is 13.6. The van der Waals surface area contributed by atoms with Crippen LogP contribution < -0.4 is 4.74 Å². The molecule has 1 saturated heterocycles. The van der Waals surface area contributed by atoms with Gasteiger partial charge >= 0.3 is 0 Å². The largest absolute Gasteiger partial charge is 0.492 e. The average molecular weight is 323 g/mol. The minimum absolute atomic E-state index is 0.319. The highest BCUT2D eigenvalue weighted by Gasteiger charge is 2.30. The van der Waals surface area contributed by atoms with Gasteiger partial charge in [-0.25, -0.2) is 0 Å². The van der Waals surface area contributed by atoms with Crippen molar-refractivity contribution < 1.29 is 9.53 Å². The molecule has 1 aromatic rings. The van der Waals surface area contributed by atoms with Gasteiger partial charge in [-0.1, -0.05) is 18.0 Å². The first-order chi connectivity index (χ1) is 10.7. The van der Waals surface area contributed by atoms with Gasteiger partial charge in [-0.3, -0.25) is 9.69 Å². The number of nitrogens with zero attached hydrogens (tertiary/aromatic N) is 2. The fraction of sp³-hybridized carbons (Fsp3) is 0.588. The summed E-state index contributed by atoms with van der Waals surface area (Å²) in [4.78, 5) is 16.6. The van der Waals surface area contributed by atoms with E-state index in [2.05, 4.69) is 4.90 Å². The molecule has 4 nitrogen and oxygen atoms in total. The van der Waals surface area contributed by atoms with Crippen LogP contribution in [0.3, 0.4) is 0 Å². The van der Waals surface area contributed by atoms with Gasteiger partial charge in [0.15, 0.2) is 0 Å². The summed E-state index contributed by atoms with van der Waals surface area (Å²) in [5.41, 5.74) is 0. The third kappa shape index (κ3) is 3.93. The summed E-state index contributed by atoms with van der Waals surface area (Å²) in [7, 11) is 0. The van der Waals surface area contributed by atoms with Gasteiger partial charge in [0, 0.05) is 43.7 Å². The van der Waals surface area contributed by atoms with Crippen molar-refractivity contribution in [3.63, 3.8) is 0 Å². The van der Waals surface area contributed by atoms with Crippen molar-refractivity contribution in [2.24, 2.45) is 5.92 Å².